The topological polar surface area (TPSA) is 49.8 Å². The van der Waals surface area contributed by atoms with Crippen molar-refractivity contribution in [2.45, 2.75) is 13.8 Å². The lowest BCUT2D eigenvalue weighted by atomic mass is 10.1. The lowest BCUT2D eigenvalue weighted by Gasteiger charge is -2.11. The first-order valence-electron chi connectivity index (χ1n) is 7.87. The third kappa shape index (κ3) is 3.84. The minimum atomic E-state index is 0.604. The van der Waals surface area contributed by atoms with E-state index in [1.54, 1.807) is 0 Å². The molecule has 24 heavy (non-hydrogen) atoms. The Hall–Kier alpha value is -2.59. The molecule has 0 unspecified atom stereocenters. The smallest absolute Gasteiger partial charge is 0.225 e. The Morgan fingerprint density at radius 3 is 2.50 bits per heavy atom. The Balaban J connectivity index is 1.97. The van der Waals surface area contributed by atoms with E-state index in [9.17, 15) is 0 Å². The van der Waals surface area contributed by atoms with E-state index in [1.165, 1.54) is 0 Å². The fourth-order valence-electron chi connectivity index (χ4n) is 2.38. The van der Waals surface area contributed by atoms with Gasteiger partial charge < -0.3 is 10.6 Å². The van der Waals surface area contributed by atoms with E-state index >= 15 is 0 Å². The molecule has 0 aliphatic heterocycles. The van der Waals surface area contributed by atoms with E-state index in [4.69, 9.17) is 11.6 Å². The van der Waals surface area contributed by atoms with Crippen molar-refractivity contribution in [1.82, 2.24) is 9.97 Å². The van der Waals surface area contributed by atoms with Gasteiger partial charge in [-0.1, -0.05) is 41.9 Å². The Morgan fingerprint density at radius 1 is 1.00 bits per heavy atom. The summed E-state index contributed by atoms with van der Waals surface area (Å²) in [6.45, 7) is 4.76. The van der Waals surface area contributed by atoms with Crippen LogP contribution in [-0.4, -0.2) is 16.5 Å². The summed E-state index contributed by atoms with van der Waals surface area (Å²) < 4.78 is 0. The van der Waals surface area contributed by atoms with Gasteiger partial charge in [-0.05, 0) is 37.6 Å². The third-order valence-electron chi connectivity index (χ3n) is 3.56. The highest BCUT2D eigenvalue weighted by Crippen LogP contribution is 2.25. The molecule has 1 aromatic heterocycles. The maximum Gasteiger partial charge on any atom is 0.225 e. The van der Waals surface area contributed by atoms with Crippen molar-refractivity contribution in [3.05, 3.63) is 65.2 Å². The summed E-state index contributed by atoms with van der Waals surface area (Å²) in [5.41, 5.74) is 3.88. The quantitative estimate of drug-likeness (QED) is 0.664. The molecule has 0 saturated carbocycles. The zero-order valence-electron chi connectivity index (χ0n) is 13.7. The van der Waals surface area contributed by atoms with Gasteiger partial charge in [0.15, 0.2) is 0 Å². The van der Waals surface area contributed by atoms with Crippen molar-refractivity contribution in [3.8, 4) is 11.3 Å². The number of benzene rings is 2. The molecular formula is C19H19ClN4. The van der Waals surface area contributed by atoms with Crippen molar-refractivity contribution in [3.63, 3.8) is 0 Å². The van der Waals surface area contributed by atoms with E-state index in [-0.39, 0.29) is 0 Å². The molecule has 5 heteroatoms. The van der Waals surface area contributed by atoms with Gasteiger partial charge in [-0.25, -0.2) is 4.98 Å². The van der Waals surface area contributed by atoms with Gasteiger partial charge in [0.25, 0.3) is 0 Å². The molecule has 0 spiro atoms. The molecule has 0 bridgehead atoms. The monoisotopic (exact) mass is 338 g/mol. The SMILES string of the molecule is CCNc1nc(Nc2ccc(Cl)c(C)c2)cc(-c2ccccc2)n1. The van der Waals surface area contributed by atoms with Gasteiger partial charge in [0, 0.05) is 28.9 Å². The first-order chi connectivity index (χ1) is 11.7. The predicted octanol–water partition coefficient (Wildman–Crippen LogP) is 5.28. The number of hydrogen-bond donors (Lipinski definition) is 2. The van der Waals surface area contributed by atoms with E-state index in [2.05, 4.69) is 20.6 Å². The van der Waals surface area contributed by atoms with Crippen molar-refractivity contribution in [2.75, 3.05) is 17.2 Å². The fraction of sp³-hybridized carbons (Fsp3) is 0.158. The molecule has 0 fully saturated rings. The van der Waals surface area contributed by atoms with Crippen LogP contribution in [0.25, 0.3) is 11.3 Å². The number of aromatic nitrogens is 2. The Labute approximate surface area is 146 Å². The van der Waals surface area contributed by atoms with Crippen molar-refractivity contribution >= 4 is 29.1 Å². The molecule has 0 radical (unpaired) electrons. The second-order valence-corrected chi connectivity index (χ2v) is 5.85. The van der Waals surface area contributed by atoms with Crippen LogP contribution < -0.4 is 10.6 Å². The van der Waals surface area contributed by atoms with Gasteiger partial charge in [0.2, 0.25) is 5.95 Å². The van der Waals surface area contributed by atoms with E-state index in [0.29, 0.717) is 5.95 Å². The molecular weight excluding hydrogens is 320 g/mol. The van der Waals surface area contributed by atoms with Crippen LogP contribution in [0.2, 0.25) is 5.02 Å². The summed E-state index contributed by atoms with van der Waals surface area (Å²) >= 11 is 6.09. The molecule has 2 aromatic carbocycles. The molecule has 0 atom stereocenters. The Kier molecular flexibility index (Phi) is 4.96. The molecule has 0 saturated heterocycles. The van der Waals surface area contributed by atoms with E-state index < -0.39 is 0 Å². The van der Waals surface area contributed by atoms with Crippen LogP contribution in [0.5, 0.6) is 0 Å². The lowest BCUT2D eigenvalue weighted by Crippen LogP contribution is -2.05. The number of aryl methyl sites for hydroxylation is 1. The minimum Gasteiger partial charge on any atom is -0.354 e. The summed E-state index contributed by atoms with van der Waals surface area (Å²) in [4.78, 5) is 9.11. The number of halogens is 1. The van der Waals surface area contributed by atoms with Gasteiger partial charge in [0.1, 0.15) is 5.82 Å². The maximum absolute atomic E-state index is 6.09. The number of nitrogens with zero attached hydrogens (tertiary/aromatic N) is 2. The molecule has 3 aromatic rings. The summed E-state index contributed by atoms with van der Waals surface area (Å²) in [7, 11) is 0. The summed E-state index contributed by atoms with van der Waals surface area (Å²) in [6.07, 6.45) is 0. The zero-order valence-corrected chi connectivity index (χ0v) is 14.4. The molecule has 3 rings (SSSR count). The molecule has 122 valence electrons. The van der Waals surface area contributed by atoms with Crippen LogP contribution >= 0.6 is 11.6 Å². The summed E-state index contributed by atoms with van der Waals surface area (Å²) in [5.74, 6) is 1.34. The first kappa shape index (κ1) is 16.3. The predicted molar refractivity (Wildman–Crippen MR) is 101 cm³/mol. The standard InChI is InChI=1S/C19H19ClN4/c1-3-21-19-23-17(14-7-5-4-6-8-14)12-18(24-19)22-15-9-10-16(20)13(2)11-15/h4-12H,3H2,1-2H3,(H2,21,22,23,24). The molecule has 1 heterocycles. The van der Waals surface area contributed by atoms with Crippen LogP contribution in [-0.2, 0) is 0 Å². The first-order valence-corrected chi connectivity index (χ1v) is 8.25. The minimum absolute atomic E-state index is 0.604. The fourth-order valence-corrected chi connectivity index (χ4v) is 2.49. The average Bonchev–Trinajstić information content (AvgIpc) is 2.59. The van der Waals surface area contributed by atoms with Crippen LogP contribution in [0.4, 0.5) is 17.5 Å². The van der Waals surface area contributed by atoms with E-state index in [1.807, 2.05) is 68.4 Å². The highest BCUT2D eigenvalue weighted by atomic mass is 35.5. The Morgan fingerprint density at radius 2 is 1.79 bits per heavy atom. The van der Waals surface area contributed by atoms with Gasteiger partial charge >= 0.3 is 0 Å². The van der Waals surface area contributed by atoms with Crippen LogP contribution in [0.1, 0.15) is 12.5 Å². The van der Waals surface area contributed by atoms with Gasteiger partial charge in [-0.3, -0.25) is 0 Å². The third-order valence-corrected chi connectivity index (χ3v) is 3.99. The molecule has 0 aliphatic carbocycles. The van der Waals surface area contributed by atoms with Crippen LogP contribution in [0, 0.1) is 6.92 Å². The van der Waals surface area contributed by atoms with Crippen LogP contribution in [0.15, 0.2) is 54.6 Å². The largest absolute Gasteiger partial charge is 0.354 e. The summed E-state index contributed by atoms with van der Waals surface area (Å²) in [5, 5.41) is 7.26. The number of hydrogen-bond acceptors (Lipinski definition) is 4. The highest BCUT2D eigenvalue weighted by molar-refractivity contribution is 6.31. The van der Waals surface area contributed by atoms with Crippen molar-refractivity contribution in [2.24, 2.45) is 0 Å². The van der Waals surface area contributed by atoms with Gasteiger partial charge in [-0.15, -0.1) is 0 Å². The van der Waals surface area contributed by atoms with Gasteiger partial charge in [0.05, 0.1) is 5.69 Å². The average molecular weight is 339 g/mol. The number of anilines is 3. The van der Waals surface area contributed by atoms with Crippen molar-refractivity contribution < 1.29 is 0 Å². The van der Waals surface area contributed by atoms with E-state index in [0.717, 1.165) is 39.9 Å². The normalized spacial score (nSPS) is 10.5. The molecule has 0 aliphatic rings. The second-order valence-electron chi connectivity index (χ2n) is 5.45. The molecule has 4 nitrogen and oxygen atoms in total. The summed E-state index contributed by atoms with van der Waals surface area (Å²) in [6, 6.07) is 17.8. The number of rotatable bonds is 5. The highest BCUT2D eigenvalue weighted by Gasteiger charge is 2.07. The second kappa shape index (κ2) is 7.32. The van der Waals surface area contributed by atoms with Crippen molar-refractivity contribution in [1.29, 1.82) is 0 Å². The molecule has 2 N–H and O–H groups in total. The van der Waals surface area contributed by atoms with Gasteiger partial charge in [-0.2, -0.15) is 4.98 Å². The Bertz CT molecular complexity index is 834. The number of nitrogens with one attached hydrogen (secondary N) is 2. The maximum atomic E-state index is 6.09. The van der Waals surface area contributed by atoms with Crippen LogP contribution in [0.3, 0.4) is 0 Å². The zero-order chi connectivity index (χ0) is 16.9. The lowest BCUT2D eigenvalue weighted by molar-refractivity contribution is 1.09. The molecule has 0 amide bonds.